The van der Waals surface area contributed by atoms with Gasteiger partial charge in [-0.1, -0.05) is 23.8 Å². The summed E-state index contributed by atoms with van der Waals surface area (Å²) < 4.78 is 0. The smallest absolute Gasteiger partial charge is 0.259 e. The van der Waals surface area contributed by atoms with Gasteiger partial charge in [-0.05, 0) is 57.0 Å². The highest BCUT2D eigenvalue weighted by atomic mass is 16.3. The van der Waals surface area contributed by atoms with Crippen molar-refractivity contribution in [3.8, 4) is 5.75 Å². The lowest BCUT2D eigenvalue weighted by atomic mass is 9.96. The number of aliphatic hydroxyl groups excluding tert-OH is 2. The van der Waals surface area contributed by atoms with Crippen LogP contribution in [0.25, 0.3) is 0 Å². The number of amides is 1. The molecule has 0 aliphatic carbocycles. The molecule has 0 radical (unpaired) electrons. The van der Waals surface area contributed by atoms with Gasteiger partial charge in [0.1, 0.15) is 22.7 Å². The van der Waals surface area contributed by atoms with Crippen molar-refractivity contribution in [2.75, 3.05) is 0 Å². The van der Waals surface area contributed by atoms with Gasteiger partial charge in [-0.25, -0.2) is 0 Å². The summed E-state index contributed by atoms with van der Waals surface area (Å²) in [5.74, 6) is -1.48. The van der Waals surface area contributed by atoms with E-state index in [-0.39, 0.29) is 23.3 Å². The molecule has 1 aromatic carbocycles. The van der Waals surface area contributed by atoms with Gasteiger partial charge in [0, 0.05) is 6.42 Å². The molecule has 1 amide bonds. The van der Waals surface area contributed by atoms with Gasteiger partial charge in [0.05, 0.1) is 12.1 Å². The molecule has 3 atom stereocenters. The van der Waals surface area contributed by atoms with E-state index in [0.29, 0.717) is 5.57 Å². The Morgan fingerprint density at radius 1 is 1.24 bits per heavy atom. The summed E-state index contributed by atoms with van der Waals surface area (Å²) >= 11 is 0. The number of nitrogens with one attached hydrogen (secondary N) is 1. The maximum absolute atomic E-state index is 12.7. The molecule has 1 aromatic rings. The largest absolute Gasteiger partial charge is 0.508 e. The van der Waals surface area contributed by atoms with E-state index in [2.05, 4.69) is 5.32 Å². The lowest BCUT2D eigenvalue weighted by Crippen LogP contribution is -2.34. The normalized spacial score (nSPS) is 22.9. The zero-order valence-corrected chi connectivity index (χ0v) is 16.9. The minimum Gasteiger partial charge on any atom is -0.508 e. The van der Waals surface area contributed by atoms with Crippen LogP contribution in [0.1, 0.15) is 33.3 Å². The van der Waals surface area contributed by atoms with E-state index >= 15 is 0 Å². The molecule has 29 heavy (non-hydrogen) atoms. The monoisotopic (exact) mass is 401 g/mol. The molecule has 0 unspecified atom stereocenters. The second kappa shape index (κ2) is 8.63. The molecule has 0 saturated carbocycles. The van der Waals surface area contributed by atoms with Crippen LogP contribution in [-0.4, -0.2) is 49.9 Å². The van der Waals surface area contributed by atoms with E-state index in [1.165, 1.54) is 38.1 Å². The van der Waals surface area contributed by atoms with Gasteiger partial charge in [0.25, 0.3) is 5.91 Å². The Labute approximate surface area is 169 Å². The molecule has 156 valence electrons. The molecule has 7 heteroatoms. The van der Waals surface area contributed by atoms with Crippen LogP contribution >= 0.6 is 0 Å². The second-order valence-electron chi connectivity index (χ2n) is 7.60. The van der Waals surface area contributed by atoms with Crippen molar-refractivity contribution in [1.29, 1.82) is 0 Å². The zero-order chi connectivity index (χ0) is 21.9. The van der Waals surface area contributed by atoms with Gasteiger partial charge in [-0.15, -0.1) is 0 Å². The Bertz CT molecular complexity index is 890. The summed E-state index contributed by atoms with van der Waals surface area (Å²) in [6.07, 6.45) is 2.19. The van der Waals surface area contributed by atoms with Crippen LogP contribution in [0.4, 0.5) is 0 Å². The summed E-state index contributed by atoms with van der Waals surface area (Å²) in [4.78, 5) is 25.0. The average Bonchev–Trinajstić information content (AvgIpc) is 2.89. The minimum atomic E-state index is -1.46. The lowest BCUT2D eigenvalue weighted by molar-refractivity contribution is -0.117. The molecule has 7 nitrogen and oxygen atoms in total. The quantitative estimate of drug-likeness (QED) is 0.214. The summed E-state index contributed by atoms with van der Waals surface area (Å²) in [5, 5.41) is 42.1. The fraction of sp³-hybridized carbons (Fsp3) is 0.364. The van der Waals surface area contributed by atoms with Crippen molar-refractivity contribution in [3.63, 3.8) is 0 Å². The van der Waals surface area contributed by atoms with E-state index < -0.39 is 35.2 Å². The molecule has 0 aromatic heterocycles. The predicted molar refractivity (Wildman–Crippen MR) is 108 cm³/mol. The van der Waals surface area contributed by atoms with Crippen molar-refractivity contribution in [2.24, 2.45) is 0 Å². The summed E-state index contributed by atoms with van der Waals surface area (Å²) in [6.45, 7) is 6.12. The number of Topliss-reactive ketones (excluding diaryl/α,β-unsaturated/α-hetero) is 1. The van der Waals surface area contributed by atoms with Crippen molar-refractivity contribution in [1.82, 2.24) is 5.32 Å². The molecular formula is C22H27NO6. The number of carbonyl (C=O) groups excluding carboxylic acids is 2. The highest BCUT2D eigenvalue weighted by molar-refractivity contribution is 6.27. The number of aliphatic hydroxyl groups is 3. The summed E-state index contributed by atoms with van der Waals surface area (Å²) in [5.41, 5.74) is -0.179. The maximum Gasteiger partial charge on any atom is 0.259 e. The Balaban J connectivity index is 2.26. The average molecular weight is 401 g/mol. The third-order valence-electron chi connectivity index (χ3n) is 4.89. The topological polar surface area (TPSA) is 127 Å². The van der Waals surface area contributed by atoms with Crippen LogP contribution in [0.3, 0.4) is 0 Å². The molecule has 1 saturated heterocycles. The Morgan fingerprint density at radius 3 is 2.38 bits per heavy atom. The highest BCUT2D eigenvalue weighted by Gasteiger charge is 2.38. The first kappa shape index (κ1) is 22.4. The van der Waals surface area contributed by atoms with Crippen molar-refractivity contribution in [2.45, 2.75) is 51.9 Å². The van der Waals surface area contributed by atoms with E-state index in [0.717, 1.165) is 5.56 Å². The number of phenolic OH excluding ortho intramolecular Hbond substituents is 1. The number of ketones is 1. The molecule has 0 spiro atoms. The molecule has 2 rings (SSSR count). The van der Waals surface area contributed by atoms with Gasteiger partial charge in [-0.3, -0.25) is 9.59 Å². The summed E-state index contributed by atoms with van der Waals surface area (Å²) in [6, 6.07) is 5.50. The van der Waals surface area contributed by atoms with Crippen LogP contribution in [0.15, 0.2) is 58.9 Å². The SMILES string of the molecule is CC(=C\[C@@](C)(O)[C@H](C)O)/C=C(C)/C(O)=C1\C(=O)N[C@@H](Cc2ccc(O)cc2)C1=O. The number of hydrogen-bond donors (Lipinski definition) is 5. The lowest BCUT2D eigenvalue weighted by Gasteiger charge is -2.23. The first-order valence-electron chi connectivity index (χ1n) is 9.27. The van der Waals surface area contributed by atoms with Gasteiger partial charge < -0.3 is 25.7 Å². The van der Waals surface area contributed by atoms with Gasteiger partial charge in [-0.2, -0.15) is 0 Å². The fourth-order valence-corrected chi connectivity index (χ4v) is 3.05. The molecular weight excluding hydrogens is 374 g/mol. The predicted octanol–water partition coefficient (Wildman–Crippen LogP) is 1.84. The number of aromatic hydroxyl groups is 1. The number of carbonyl (C=O) groups is 2. The Hall–Kier alpha value is -2.90. The molecule has 5 N–H and O–H groups in total. The van der Waals surface area contributed by atoms with Crippen LogP contribution in [-0.2, 0) is 16.0 Å². The third kappa shape index (κ3) is 5.34. The first-order valence-corrected chi connectivity index (χ1v) is 9.27. The van der Waals surface area contributed by atoms with Crippen molar-refractivity contribution >= 4 is 11.7 Å². The van der Waals surface area contributed by atoms with Crippen LogP contribution < -0.4 is 5.32 Å². The van der Waals surface area contributed by atoms with E-state index in [4.69, 9.17) is 0 Å². The maximum atomic E-state index is 12.7. The second-order valence-corrected chi connectivity index (χ2v) is 7.60. The van der Waals surface area contributed by atoms with Crippen LogP contribution in [0.2, 0.25) is 0 Å². The Morgan fingerprint density at radius 2 is 1.83 bits per heavy atom. The molecule has 1 aliphatic heterocycles. The summed E-state index contributed by atoms with van der Waals surface area (Å²) in [7, 11) is 0. The zero-order valence-electron chi connectivity index (χ0n) is 16.9. The van der Waals surface area contributed by atoms with Crippen LogP contribution in [0, 0.1) is 0 Å². The Kier molecular flexibility index (Phi) is 6.66. The number of rotatable bonds is 6. The highest BCUT2D eigenvalue weighted by Crippen LogP contribution is 2.23. The molecule has 1 fully saturated rings. The van der Waals surface area contributed by atoms with Gasteiger partial charge in [0.2, 0.25) is 0 Å². The minimum absolute atomic E-state index is 0.104. The molecule has 1 heterocycles. The van der Waals surface area contributed by atoms with Gasteiger partial charge in [0.15, 0.2) is 5.78 Å². The van der Waals surface area contributed by atoms with E-state index in [1.54, 1.807) is 26.0 Å². The molecule has 1 aliphatic rings. The van der Waals surface area contributed by atoms with Crippen molar-refractivity contribution in [3.05, 3.63) is 64.5 Å². The molecule has 0 bridgehead atoms. The van der Waals surface area contributed by atoms with Gasteiger partial charge >= 0.3 is 0 Å². The van der Waals surface area contributed by atoms with Crippen molar-refractivity contribution < 1.29 is 30.0 Å². The number of phenols is 1. The standard InChI is InChI=1S/C22H27NO6/c1-12(11-22(4,29)14(3)24)9-13(2)19(26)18-20(27)17(23-21(18)28)10-15-5-7-16(25)8-6-15/h5-9,11,14,17,24-26,29H,10H2,1-4H3,(H,23,28)/b12-11+,13-9+,19-18+/t14-,17-,22+/m0/s1. The van der Waals surface area contributed by atoms with E-state index in [1.807, 2.05) is 0 Å². The number of hydrogen-bond acceptors (Lipinski definition) is 6. The fourth-order valence-electron chi connectivity index (χ4n) is 3.05. The van der Waals surface area contributed by atoms with E-state index in [9.17, 15) is 30.0 Å². The third-order valence-corrected chi connectivity index (χ3v) is 4.89. The van der Waals surface area contributed by atoms with Crippen LogP contribution in [0.5, 0.6) is 5.75 Å². The number of allylic oxidation sites excluding steroid dienone is 3. The first-order chi connectivity index (χ1) is 13.4. The number of benzene rings is 1.